The van der Waals surface area contributed by atoms with E-state index in [1.165, 1.54) is 24.1 Å². The molecule has 1 aromatic heterocycles. The minimum atomic E-state index is 0.0470. The van der Waals surface area contributed by atoms with Gasteiger partial charge in [-0.25, -0.2) is 0 Å². The summed E-state index contributed by atoms with van der Waals surface area (Å²) in [4.78, 5) is 17.5. The number of nitrogens with zero attached hydrogens (tertiary/aromatic N) is 2. The smallest absolute Gasteiger partial charge is 0.289 e. The Hall–Kier alpha value is -2.27. The van der Waals surface area contributed by atoms with Gasteiger partial charge in [0.15, 0.2) is 5.76 Å². The van der Waals surface area contributed by atoms with Crippen LogP contribution in [0.5, 0.6) is 0 Å². The topological polar surface area (TPSA) is 48.7 Å². The van der Waals surface area contributed by atoms with Crippen molar-refractivity contribution < 1.29 is 9.21 Å². The van der Waals surface area contributed by atoms with Crippen molar-refractivity contribution >= 4 is 11.6 Å². The third-order valence-corrected chi connectivity index (χ3v) is 6.80. The number of nitrogens with one attached hydrogen (secondary N) is 1. The van der Waals surface area contributed by atoms with Gasteiger partial charge in [-0.05, 0) is 69.2 Å². The molecule has 5 heteroatoms. The van der Waals surface area contributed by atoms with Crippen LogP contribution < -0.4 is 10.2 Å². The number of carbonyl (C=O) groups excluding carboxylic acids is 1. The first kappa shape index (κ1) is 18.7. The van der Waals surface area contributed by atoms with Gasteiger partial charge in [0.05, 0.1) is 6.26 Å². The monoisotopic (exact) mass is 393 g/mol. The van der Waals surface area contributed by atoms with E-state index in [2.05, 4.69) is 41.4 Å². The Balaban J connectivity index is 1.23. The molecule has 3 aliphatic rings. The van der Waals surface area contributed by atoms with Crippen LogP contribution in [0.2, 0.25) is 0 Å². The highest BCUT2D eigenvalue weighted by Crippen LogP contribution is 2.34. The number of furan rings is 1. The lowest BCUT2D eigenvalue weighted by Gasteiger charge is -2.32. The van der Waals surface area contributed by atoms with Crippen LogP contribution in [0.15, 0.2) is 41.0 Å². The van der Waals surface area contributed by atoms with E-state index in [1.54, 1.807) is 6.26 Å². The van der Waals surface area contributed by atoms with E-state index in [0.717, 1.165) is 56.9 Å². The fraction of sp³-hybridized carbons (Fsp3) is 0.542. The molecule has 5 nitrogen and oxygen atoms in total. The van der Waals surface area contributed by atoms with Crippen LogP contribution in [-0.4, -0.2) is 42.5 Å². The summed E-state index contributed by atoms with van der Waals surface area (Å²) in [6, 6.07) is 11.5. The first-order valence-electron chi connectivity index (χ1n) is 11.1. The van der Waals surface area contributed by atoms with Crippen LogP contribution in [0.3, 0.4) is 0 Å². The van der Waals surface area contributed by atoms with E-state index in [4.69, 9.17) is 4.42 Å². The molecule has 1 N–H and O–H groups in total. The highest BCUT2D eigenvalue weighted by atomic mass is 16.3. The average Bonchev–Trinajstić information content (AvgIpc) is 3.37. The molecule has 2 fully saturated rings. The molecule has 0 radical (unpaired) electrons. The lowest BCUT2D eigenvalue weighted by Crippen LogP contribution is -2.45. The molecule has 1 saturated heterocycles. The van der Waals surface area contributed by atoms with E-state index in [9.17, 15) is 4.79 Å². The molecule has 2 aromatic rings. The van der Waals surface area contributed by atoms with Crippen LogP contribution in [0, 0.1) is 5.92 Å². The van der Waals surface area contributed by atoms with Crippen molar-refractivity contribution in [2.24, 2.45) is 5.92 Å². The predicted molar refractivity (Wildman–Crippen MR) is 114 cm³/mol. The minimum absolute atomic E-state index is 0.0470. The Morgan fingerprint density at radius 2 is 1.93 bits per heavy atom. The number of anilines is 1. The molecule has 0 spiro atoms. The largest absolute Gasteiger partial charge is 0.459 e. The maximum atomic E-state index is 13.2. The molecular weight excluding hydrogens is 362 g/mol. The molecule has 2 aliphatic heterocycles. The first-order chi connectivity index (χ1) is 14.2. The summed E-state index contributed by atoms with van der Waals surface area (Å²) < 4.78 is 5.69. The second-order valence-electron chi connectivity index (χ2n) is 9.00. The summed E-state index contributed by atoms with van der Waals surface area (Å²) in [5, 5.41) is 3.68. The zero-order valence-electron chi connectivity index (χ0n) is 17.3. The van der Waals surface area contributed by atoms with E-state index in [1.807, 2.05) is 11.0 Å². The zero-order valence-corrected chi connectivity index (χ0v) is 17.3. The van der Waals surface area contributed by atoms with Crippen molar-refractivity contribution in [1.29, 1.82) is 0 Å². The van der Waals surface area contributed by atoms with E-state index >= 15 is 0 Å². The average molecular weight is 394 g/mol. The molecule has 1 aliphatic carbocycles. The summed E-state index contributed by atoms with van der Waals surface area (Å²) in [7, 11) is 0. The lowest BCUT2D eigenvalue weighted by molar-refractivity contribution is 0.0671. The highest BCUT2D eigenvalue weighted by Gasteiger charge is 2.31. The molecule has 1 unspecified atom stereocenters. The number of benzene rings is 1. The van der Waals surface area contributed by atoms with Gasteiger partial charge in [-0.15, -0.1) is 0 Å². The minimum Gasteiger partial charge on any atom is -0.459 e. The molecule has 29 heavy (non-hydrogen) atoms. The zero-order chi connectivity index (χ0) is 19.8. The number of rotatable bonds is 6. The Morgan fingerprint density at radius 3 is 2.72 bits per heavy atom. The number of hydrogen-bond acceptors (Lipinski definition) is 4. The predicted octanol–water partition coefficient (Wildman–Crippen LogP) is 3.84. The number of amides is 1. The third kappa shape index (κ3) is 3.93. The number of hydrogen-bond donors (Lipinski definition) is 1. The molecule has 1 atom stereocenters. The van der Waals surface area contributed by atoms with Crippen LogP contribution in [0.1, 0.15) is 54.3 Å². The fourth-order valence-corrected chi connectivity index (χ4v) is 4.79. The lowest BCUT2D eigenvalue weighted by atomic mass is 10.0. The van der Waals surface area contributed by atoms with Crippen molar-refractivity contribution in [2.45, 2.75) is 57.7 Å². The van der Waals surface area contributed by atoms with Crippen molar-refractivity contribution in [3.63, 3.8) is 0 Å². The molecule has 5 rings (SSSR count). The van der Waals surface area contributed by atoms with Gasteiger partial charge in [-0.2, -0.15) is 0 Å². The van der Waals surface area contributed by atoms with Gasteiger partial charge in [0.2, 0.25) is 0 Å². The van der Waals surface area contributed by atoms with Gasteiger partial charge < -0.3 is 19.5 Å². The molecule has 1 aromatic carbocycles. The third-order valence-electron chi connectivity index (χ3n) is 6.80. The Morgan fingerprint density at radius 1 is 1.14 bits per heavy atom. The van der Waals surface area contributed by atoms with Crippen LogP contribution in [0.4, 0.5) is 5.69 Å². The van der Waals surface area contributed by atoms with Gasteiger partial charge in [-0.3, -0.25) is 4.79 Å². The summed E-state index contributed by atoms with van der Waals surface area (Å²) >= 11 is 0. The van der Waals surface area contributed by atoms with Crippen LogP contribution in [0.25, 0.3) is 0 Å². The van der Waals surface area contributed by atoms with E-state index < -0.39 is 0 Å². The summed E-state index contributed by atoms with van der Waals surface area (Å²) in [5.41, 5.74) is 3.66. The fourth-order valence-electron chi connectivity index (χ4n) is 4.79. The molecule has 3 heterocycles. The van der Waals surface area contributed by atoms with Gasteiger partial charge in [-0.1, -0.05) is 18.2 Å². The summed E-state index contributed by atoms with van der Waals surface area (Å²) in [6.45, 7) is 5.74. The number of likely N-dealkylation sites (tertiary alicyclic amines) is 1. The van der Waals surface area contributed by atoms with Crippen LogP contribution >= 0.6 is 0 Å². The summed E-state index contributed by atoms with van der Waals surface area (Å²) in [5.74, 6) is 1.47. The molecule has 154 valence electrons. The number of fused-ring (bicyclic) bond motifs is 1. The van der Waals surface area contributed by atoms with Crippen molar-refractivity contribution in [2.75, 3.05) is 24.5 Å². The van der Waals surface area contributed by atoms with Gasteiger partial charge in [0, 0.05) is 43.0 Å². The normalized spacial score (nSPS) is 22.2. The van der Waals surface area contributed by atoms with Gasteiger partial charge >= 0.3 is 0 Å². The van der Waals surface area contributed by atoms with Crippen molar-refractivity contribution in [3.05, 3.63) is 53.5 Å². The molecule has 1 amide bonds. The first-order valence-corrected chi connectivity index (χ1v) is 11.1. The standard InChI is InChI=1S/C24H31N3O2/c1-17-14-19-4-2-3-5-22(19)27(17)16-20-10-13-29-23(20)24(28)26-11-8-21(9-12-26)25-15-18-6-7-18/h2-5,10,13,17-18,21,25H,6-9,11-12,14-16H2,1H3. The summed E-state index contributed by atoms with van der Waals surface area (Å²) in [6.07, 6.45) is 7.55. The van der Waals surface area contributed by atoms with Crippen molar-refractivity contribution in [3.8, 4) is 0 Å². The van der Waals surface area contributed by atoms with E-state index in [-0.39, 0.29) is 5.91 Å². The Labute approximate surface area is 173 Å². The maximum absolute atomic E-state index is 13.2. The maximum Gasteiger partial charge on any atom is 0.289 e. The van der Waals surface area contributed by atoms with E-state index in [0.29, 0.717) is 17.8 Å². The second kappa shape index (κ2) is 7.86. The van der Waals surface area contributed by atoms with Gasteiger partial charge in [0.1, 0.15) is 0 Å². The van der Waals surface area contributed by atoms with Crippen LogP contribution in [-0.2, 0) is 13.0 Å². The Bertz CT molecular complexity index is 865. The second-order valence-corrected chi connectivity index (χ2v) is 9.00. The Kier molecular flexibility index (Phi) is 5.08. The van der Waals surface area contributed by atoms with Gasteiger partial charge in [0.25, 0.3) is 5.91 Å². The molecular formula is C24H31N3O2. The number of carbonyl (C=O) groups is 1. The van der Waals surface area contributed by atoms with Crippen molar-refractivity contribution in [1.82, 2.24) is 10.2 Å². The highest BCUT2D eigenvalue weighted by molar-refractivity contribution is 5.93. The quantitative estimate of drug-likeness (QED) is 0.810. The number of para-hydroxylation sites is 1. The SMILES string of the molecule is CC1Cc2ccccc2N1Cc1ccoc1C(=O)N1CCC(NCC2CC2)CC1. The molecule has 0 bridgehead atoms. The molecule has 1 saturated carbocycles. The number of piperidine rings is 1.